The zero-order chi connectivity index (χ0) is 14.0. The molecule has 2 rings (SSSR count). The van der Waals surface area contributed by atoms with Crippen LogP contribution in [0.15, 0.2) is 21.2 Å². The molecule has 0 radical (unpaired) electrons. The van der Waals surface area contributed by atoms with Gasteiger partial charge in [0.15, 0.2) is 4.67 Å². The van der Waals surface area contributed by atoms with Crippen molar-refractivity contribution in [3.63, 3.8) is 0 Å². The van der Waals surface area contributed by atoms with E-state index in [-0.39, 0.29) is 12.3 Å². The van der Waals surface area contributed by atoms with Gasteiger partial charge in [-0.3, -0.25) is 9.59 Å². The first-order valence-corrected chi connectivity index (χ1v) is 7.11. The molecule has 1 aromatic rings. The average molecular weight is 330 g/mol. The van der Waals surface area contributed by atoms with E-state index in [2.05, 4.69) is 15.9 Å². The van der Waals surface area contributed by atoms with Crippen molar-refractivity contribution in [3.05, 3.63) is 22.6 Å². The molecule has 2 heterocycles. The summed E-state index contributed by atoms with van der Waals surface area (Å²) < 4.78 is 6.03. The lowest BCUT2D eigenvalue weighted by Crippen LogP contribution is -2.45. The normalized spacial score (nSPS) is 23.7. The summed E-state index contributed by atoms with van der Waals surface area (Å²) in [4.78, 5) is 25.1. The molecule has 1 aliphatic heterocycles. The standard InChI is InChI=1S/C13H16BrNO4/c1-2-7-15-11(16)6-3-8(13(17)18)12(15)9-4-5-10(14)19-9/h4-5,8,12H,2-3,6-7H2,1H3,(H,17,18). The number of rotatable bonds is 4. The molecule has 0 aromatic carbocycles. The number of halogens is 1. The highest BCUT2D eigenvalue weighted by atomic mass is 79.9. The molecule has 1 N–H and O–H groups in total. The van der Waals surface area contributed by atoms with Crippen LogP contribution in [0.4, 0.5) is 0 Å². The molecule has 5 nitrogen and oxygen atoms in total. The molecule has 2 atom stereocenters. The van der Waals surface area contributed by atoms with Crippen LogP contribution in [-0.2, 0) is 9.59 Å². The van der Waals surface area contributed by atoms with Crippen molar-refractivity contribution in [2.24, 2.45) is 5.92 Å². The zero-order valence-corrected chi connectivity index (χ0v) is 12.2. The van der Waals surface area contributed by atoms with Crippen LogP contribution in [0.5, 0.6) is 0 Å². The number of aliphatic carboxylic acids is 1. The SMILES string of the molecule is CCCN1C(=O)CCC(C(=O)O)C1c1ccc(Br)o1. The molecule has 0 aliphatic carbocycles. The van der Waals surface area contributed by atoms with Gasteiger partial charge in [0.2, 0.25) is 5.91 Å². The van der Waals surface area contributed by atoms with Gasteiger partial charge in [0.05, 0.1) is 5.92 Å². The van der Waals surface area contributed by atoms with Crippen LogP contribution in [0.1, 0.15) is 38.0 Å². The minimum atomic E-state index is -0.883. The lowest BCUT2D eigenvalue weighted by molar-refractivity contribution is -0.152. The number of likely N-dealkylation sites (tertiary alicyclic amines) is 1. The smallest absolute Gasteiger partial charge is 0.309 e. The predicted octanol–water partition coefficient (Wildman–Crippen LogP) is 2.82. The Labute approximate surface area is 119 Å². The number of piperidine rings is 1. The van der Waals surface area contributed by atoms with Crippen molar-refractivity contribution >= 4 is 27.8 Å². The summed E-state index contributed by atoms with van der Waals surface area (Å²) in [6.45, 7) is 2.51. The van der Waals surface area contributed by atoms with Gasteiger partial charge in [0.25, 0.3) is 0 Å². The van der Waals surface area contributed by atoms with Crippen LogP contribution in [-0.4, -0.2) is 28.4 Å². The molecule has 0 saturated carbocycles. The van der Waals surface area contributed by atoms with Gasteiger partial charge < -0.3 is 14.4 Å². The molecule has 1 fully saturated rings. The predicted molar refractivity (Wildman–Crippen MR) is 71.5 cm³/mol. The van der Waals surface area contributed by atoms with Crippen molar-refractivity contribution in [1.29, 1.82) is 0 Å². The zero-order valence-electron chi connectivity index (χ0n) is 10.6. The summed E-state index contributed by atoms with van der Waals surface area (Å²) in [5.74, 6) is -0.967. The lowest BCUT2D eigenvalue weighted by Gasteiger charge is -2.38. The van der Waals surface area contributed by atoms with E-state index in [0.717, 1.165) is 6.42 Å². The topological polar surface area (TPSA) is 70.8 Å². The number of carbonyl (C=O) groups is 2. The minimum Gasteiger partial charge on any atom is -0.481 e. The van der Waals surface area contributed by atoms with E-state index < -0.39 is 17.9 Å². The summed E-state index contributed by atoms with van der Waals surface area (Å²) >= 11 is 3.21. The maximum atomic E-state index is 12.0. The van der Waals surface area contributed by atoms with Gasteiger partial charge in [-0.25, -0.2) is 0 Å². The first-order valence-electron chi connectivity index (χ1n) is 6.32. The summed E-state index contributed by atoms with van der Waals surface area (Å²) in [5.41, 5.74) is 0. The van der Waals surface area contributed by atoms with E-state index in [0.29, 0.717) is 23.4 Å². The Morgan fingerprint density at radius 1 is 1.58 bits per heavy atom. The second kappa shape index (κ2) is 5.77. The molecule has 1 aliphatic rings. The number of hydrogen-bond donors (Lipinski definition) is 1. The first kappa shape index (κ1) is 14.1. The van der Waals surface area contributed by atoms with Gasteiger partial charge in [-0.1, -0.05) is 6.92 Å². The largest absolute Gasteiger partial charge is 0.481 e. The Morgan fingerprint density at radius 2 is 2.32 bits per heavy atom. The Kier molecular flexibility index (Phi) is 4.29. The van der Waals surface area contributed by atoms with E-state index in [4.69, 9.17) is 4.42 Å². The molecule has 1 aromatic heterocycles. The van der Waals surface area contributed by atoms with E-state index >= 15 is 0 Å². The van der Waals surface area contributed by atoms with Crippen molar-refractivity contribution in [1.82, 2.24) is 4.90 Å². The third-order valence-corrected chi connectivity index (χ3v) is 3.80. The second-order valence-electron chi connectivity index (χ2n) is 4.66. The van der Waals surface area contributed by atoms with Gasteiger partial charge in [-0.15, -0.1) is 0 Å². The number of carboxylic acids is 1. The molecule has 6 heteroatoms. The molecule has 104 valence electrons. The number of nitrogens with zero attached hydrogens (tertiary/aromatic N) is 1. The molecular formula is C13H16BrNO4. The van der Waals surface area contributed by atoms with Gasteiger partial charge in [0, 0.05) is 13.0 Å². The monoisotopic (exact) mass is 329 g/mol. The van der Waals surface area contributed by atoms with Gasteiger partial charge in [-0.2, -0.15) is 0 Å². The van der Waals surface area contributed by atoms with Crippen LogP contribution in [0.2, 0.25) is 0 Å². The Morgan fingerprint density at radius 3 is 2.84 bits per heavy atom. The maximum Gasteiger partial charge on any atom is 0.309 e. The fourth-order valence-corrected chi connectivity index (χ4v) is 2.87. The second-order valence-corrected chi connectivity index (χ2v) is 5.44. The number of furan rings is 1. The van der Waals surface area contributed by atoms with E-state index in [1.165, 1.54) is 0 Å². The quantitative estimate of drug-likeness (QED) is 0.921. The van der Waals surface area contributed by atoms with Crippen LogP contribution < -0.4 is 0 Å². The highest BCUT2D eigenvalue weighted by Crippen LogP contribution is 2.38. The average Bonchev–Trinajstić information content (AvgIpc) is 2.78. The Hall–Kier alpha value is -1.30. The van der Waals surface area contributed by atoms with Gasteiger partial charge in [-0.05, 0) is 40.9 Å². The van der Waals surface area contributed by atoms with Crippen molar-refractivity contribution in [2.75, 3.05) is 6.54 Å². The molecule has 0 bridgehead atoms. The Bertz CT molecular complexity index is 485. The van der Waals surface area contributed by atoms with Crippen molar-refractivity contribution in [2.45, 2.75) is 32.2 Å². The van der Waals surface area contributed by atoms with Crippen molar-refractivity contribution in [3.8, 4) is 0 Å². The molecule has 0 spiro atoms. The van der Waals surface area contributed by atoms with Crippen LogP contribution >= 0.6 is 15.9 Å². The molecular weight excluding hydrogens is 314 g/mol. The van der Waals surface area contributed by atoms with Crippen molar-refractivity contribution < 1.29 is 19.1 Å². The van der Waals surface area contributed by atoms with Crippen LogP contribution in [0.3, 0.4) is 0 Å². The summed E-state index contributed by atoms with van der Waals surface area (Å²) in [6.07, 6.45) is 1.43. The third-order valence-electron chi connectivity index (χ3n) is 3.37. The van der Waals surface area contributed by atoms with E-state index in [1.807, 2.05) is 6.92 Å². The molecule has 1 amide bonds. The lowest BCUT2D eigenvalue weighted by atomic mass is 9.87. The summed E-state index contributed by atoms with van der Waals surface area (Å²) in [5, 5.41) is 9.36. The van der Waals surface area contributed by atoms with E-state index in [9.17, 15) is 14.7 Å². The van der Waals surface area contributed by atoms with E-state index in [1.54, 1.807) is 17.0 Å². The number of amides is 1. The maximum absolute atomic E-state index is 12.0. The molecule has 2 unspecified atom stereocenters. The van der Waals surface area contributed by atoms with Gasteiger partial charge in [0.1, 0.15) is 11.8 Å². The minimum absolute atomic E-state index is 0.00290. The van der Waals surface area contributed by atoms with Gasteiger partial charge >= 0.3 is 5.97 Å². The summed E-state index contributed by atoms with van der Waals surface area (Å²) in [7, 11) is 0. The first-order chi connectivity index (χ1) is 9.04. The fourth-order valence-electron chi connectivity index (χ4n) is 2.56. The highest BCUT2D eigenvalue weighted by Gasteiger charge is 2.41. The molecule has 19 heavy (non-hydrogen) atoms. The highest BCUT2D eigenvalue weighted by molar-refractivity contribution is 9.10. The van der Waals surface area contributed by atoms with Crippen LogP contribution in [0, 0.1) is 5.92 Å². The number of carbonyl (C=O) groups excluding carboxylic acids is 1. The molecule has 1 saturated heterocycles. The third kappa shape index (κ3) is 2.83. The fraction of sp³-hybridized carbons (Fsp3) is 0.538. The number of hydrogen-bond acceptors (Lipinski definition) is 3. The summed E-state index contributed by atoms with van der Waals surface area (Å²) in [6, 6.07) is 2.94. The number of carboxylic acid groups (broad SMARTS) is 1. The van der Waals surface area contributed by atoms with Crippen LogP contribution in [0.25, 0.3) is 0 Å². The Balaban J connectivity index is 2.37.